The van der Waals surface area contributed by atoms with Gasteiger partial charge in [-0.3, -0.25) is 4.79 Å². The largest absolute Gasteiger partial charge is 0.444 e. The first-order valence-corrected chi connectivity index (χ1v) is 12.4. The van der Waals surface area contributed by atoms with E-state index in [1.807, 2.05) is 26.8 Å². The SMILES string of the molecule is CC(C)(C)OC(=O)N1CCCC2(CC=CC(=O)N2)C1COC1CCC(c2ccccc2)CC1. The first kappa shape index (κ1) is 23.8. The van der Waals surface area contributed by atoms with E-state index in [1.54, 1.807) is 11.0 Å². The highest BCUT2D eigenvalue weighted by Gasteiger charge is 2.48. The Labute approximate surface area is 197 Å². The Kier molecular flexibility index (Phi) is 7.13. The number of piperidine rings is 1. The molecule has 180 valence electrons. The summed E-state index contributed by atoms with van der Waals surface area (Å²) in [6, 6.07) is 10.5. The molecule has 0 radical (unpaired) electrons. The van der Waals surface area contributed by atoms with E-state index in [0.717, 1.165) is 38.5 Å². The van der Waals surface area contributed by atoms with E-state index < -0.39 is 11.1 Å². The molecule has 1 aliphatic carbocycles. The molecular formula is C27H38N2O4. The van der Waals surface area contributed by atoms with Gasteiger partial charge in [-0.2, -0.15) is 0 Å². The van der Waals surface area contributed by atoms with Gasteiger partial charge >= 0.3 is 6.09 Å². The lowest BCUT2D eigenvalue weighted by atomic mass is 9.77. The molecule has 3 aliphatic rings. The van der Waals surface area contributed by atoms with E-state index in [4.69, 9.17) is 9.47 Å². The summed E-state index contributed by atoms with van der Waals surface area (Å²) in [6.45, 7) is 6.67. The zero-order chi connectivity index (χ0) is 23.5. The second-order valence-electron chi connectivity index (χ2n) is 10.8. The van der Waals surface area contributed by atoms with Crippen LogP contribution in [0.5, 0.6) is 0 Å². The smallest absolute Gasteiger partial charge is 0.410 e. The lowest BCUT2D eigenvalue weighted by molar-refractivity contribution is -0.122. The van der Waals surface area contributed by atoms with Crippen LogP contribution >= 0.6 is 0 Å². The molecular weight excluding hydrogens is 416 g/mol. The molecule has 1 saturated heterocycles. The monoisotopic (exact) mass is 454 g/mol. The van der Waals surface area contributed by atoms with Crippen molar-refractivity contribution in [1.82, 2.24) is 10.2 Å². The van der Waals surface area contributed by atoms with E-state index in [0.29, 0.717) is 25.5 Å². The number of hydrogen-bond donors (Lipinski definition) is 1. The fraction of sp³-hybridized carbons (Fsp3) is 0.630. The molecule has 1 N–H and O–H groups in total. The Bertz CT molecular complexity index is 855. The lowest BCUT2D eigenvalue weighted by Gasteiger charge is -2.51. The number of ether oxygens (including phenoxy) is 2. The predicted octanol–water partition coefficient (Wildman–Crippen LogP) is 4.94. The van der Waals surface area contributed by atoms with Gasteiger partial charge in [0.2, 0.25) is 5.91 Å². The molecule has 6 nitrogen and oxygen atoms in total. The van der Waals surface area contributed by atoms with Gasteiger partial charge in [-0.25, -0.2) is 4.79 Å². The van der Waals surface area contributed by atoms with Crippen molar-refractivity contribution in [1.29, 1.82) is 0 Å². The minimum absolute atomic E-state index is 0.0966. The second-order valence-corrected chi connectivity index (χ2v) is 10.8. The molecule has 2 atom stereocenters. The Balaban J connectivity index is 1.43. The van der Waals surface area contributed by atoms with Crippen LogP contribution in [0, 0.1) is 0 Å². The van der Waals surface area contributed by atoms with Gasteiger partial charge in [-0.05, 0) is 83.3 Å². The maximum atomic E-state index is 13.1. The van der Waals surface area contributed by atoms with Crippen molar-refractivity contribution < 1.29 is 19.1 Å². The van der Waals surface area contributed by atoms with E-state index in [-0.39, 0.29) is 24.1 Å². The molecule has 1 aromatic rings. The van der Waals surface area contributed by atoms with E-state index >= 15 is 0 Å². The van der Waals surface area contributed by atoms with E-state index in [2.05, 4.69) is 35.6 Å². The molecule has 1 spiro atoms. The van der Waals surface area contributed by atoms with Crippen LogP contribution in [0.4, 0.5) is 4.79 Å². The molecule has 2 amide bonds. The van der Waals surface area contributed by atoms with Gasteiger partial charge in [0.1, 0.15) is 5.60 Å². The third kappa shape index (κ3) is 5.78. The van der Waals surface area contributed by atoms with Gasteiger partial charge in [0, 0.05) is 6.54 Å². The van der Waals surface area contributed by atoms with Crippen molar-refractivity contribution in [2.24, 2.45) is 0 Å². The minimum atomic E-state index is -0.571. The summed E-state index contributed by atoms with van der Waals surface area (Å²) in [5.74, 6) is 0.494. The quantitative estimate of drug-likeness (QED) is 0.699. The van der Waals surface area contributed by atoms with Gasteiger partial charge in [0.25, 0.3) is 0 Å². The van der Waals surface area contributed by atoms with Crippen molar-refractivity contribution >= 4 is 12.0 Å². The number of rotatable bonds is 4. The van der Waals surface area contributed by atoms with Crippen LogP contribution in [0.15, 0.2) is 42.5 Å². The first-order chi connectivity index (χ1) is 15.8. The number of amides is 2. The van der Waals surface area contributed by atoms with Crippen LogP contribution < -0.4 is 5.32 Å². The Morgan fingerprint density at radius 3 is 2.55 bits per heavy atom. The zero-order valence-electron chi connectivity index (χ0n) is 20.2. The molecule has 2 fully saturated rings. The first-order valence-electron chi connectivity index (χ1n) is 12.4. The summed E-state index contributed by atoms with van der Waals surface area (Å²) in [6.07, 6.45) is 9.97. The van der Waals surface area contributed by atoms with Gasteiger partial charge < -0.3 is 19.7 Å². The molecule has 2 unspecified atom stereocenters. The number of hydrogen-bond acceptors (Lipinski definition) is 4. The van der Waals surface area contributed by atoms with Crippen LogP contribution in [0.2, 0.25) is 0 Å². The van der Waals surface area contributed by atoms with Crippen molar-refractivity contribution in [2.45, 2.75) is 94.9 Å². The maximum Gasteiger partial charge on any atom is 0.410 e. The van der Waals surface area contributed by atoms with E-state index in [1.165, 1.54) is 5.56 Å². The lowest BCUT2D eigenvalue weighted by Crippen LogP contribution is -2.68. The molecule has 6 heteroatoms. The summed E-state index contributed by atoms with van der Waals surface area (Å²) >= 11 is 0. The van der Waals surface area contributed by atoms with Gasteiger partial charge in [0.05, 0.1) is 24.3 Å². The fourth-order valence-corrected chi connectivity index (χ4v) is 5.59. The molecule has 1 saturated carbocycles. The third-order valence-electron chi connectivity index (χ3n) is 7.22. The zero-order valence-corrected chi connectivity index (χ0v) is 20.2. The average Bonchev–Trinajstić information content (AvgIpc) is 2.78. The normalized spacial score (nSPS) is 30.2. The Hall–Kier alpha value is -2.34. The van der Waals surface area contributed by atoms with Crippen molar-refractivity contribution in [3.63, 3.8) is 0 Å². The van der Waals surface area contributed by atoms with Crippen LogP contribution in [-0.2, 0) is 14.3 Å². The standard InChI is InChI=1S/C27H38N2O4/c1-26(2,3)33-25(31)29-18-8-17-27(16-7-11-24(30)28-27)23(29)19-32-22-14-12-21(13-15-22)20-9-5-4-6-10-20/h4-7,9-11,21-23H,8,12-19H2,1-3H3,(H,28,30). The highest BCUT2D eigenvalue weighted by atomic mass is 16.6. The second kappa shape index (κ2) is 9.88. The molecule has 0 aromatic heterocycles. The number of carbonyl (C=O) groups excluding carboxylic acids is 2. The fourth-order valence-electron chi connectivity index (χ4n) is 5.59. The highest BCUT2D eigenvalue weighted by Crippen LogP contribution is 2.37. The van der Waals surface area contributed by atoms with Crippen molar-refractivity contribution in [3.05, 3.63) is 48.0 Å². The third-order valence-corrected chi connectivity index (χ3v) is 7.22. The number of nitrogens with one attached hydrogen (secondary N) is 1. The van der Waals surface area contributed by atoms with Gasteiger partial charge in [-0.15, -0.1) is 0 Å². The van der Waals surface area contributed by atoms with Gasteiger partial charge in [-0.1, -0.05) is 36.4 Å². The maximum absolute atomic E-state index is 13.1. The molecule has 2 heterocycles. The number of nitrogens with zero attached hydrogens (tertiary/aromatic N) is 1. The molecule has 0 bridgehead atoms. The number of likely N-dealkylation sites (tertiary alicyclic amines) is 1. The highest BCUT2D eigenvalue weighted by molar-refractivity contribution is 5.89. The van der Waals surface area contributed by atoms with E-state index in [9.17, 15) is 9.59 Å². The van der Waals surface area contributed by atoms with Crippen LogP contribution in [0.1, 0.15) is 77.2 Å². The average molecular weight is 455 g/mol. The molecule has 33 heavy (non-hydrogen) atoms. The van der Waals surface area contributed by atoms with Crippen LogP contribution in [0.25, 0.3) is 0 Å². The summed E-state index contributed by atoms with van der Waals surface area (Å²) in [4.78, 5) is 27.2. The van der Waals surface area contributed by atoms with Crippen molar-refractivity contribution in [2.75, 3.05) is 13.2 Å². The molecule has 2 aliphatic heterocycles. The summed E-state index contributed by atoms with van der Waals surface area (Å²) in [5, 5.41) is 3.19. The van der Waals surface area contributed by atoms with Gasteiger partial charge in [0.15, 0.2) is 0 Å². The van der Waals surface area contributed by atoms with Crippen molar-refractivity contribution in [3.8, 4) is 0 Å². The summed E-state index contributed by atoms with van der Waals surface area (Å²) in [5.41, 5.74) is 0.343. The minimum Gasteiger partial charge on any atom is -0.444 e. The molecule has 1 aromatic carbocycles. The predicted molar refractivity (Wildman–Crippen MR) is 128 cm³/mol. The number of carbonyl (C=O) groups is 2. The Morgan fingerprint density at radius 2 is 1.88 bits per heavy atom. The Morgan fingerprint density at radius 1 is 1.15 bits per heavy atom. The van der Waals surface area contributed by atoms with Crippen LogP contribution in [-0.4, -0.2) is 53.3 Å². The summed E-state index contributed by atoms with van der Waals surface area (Å²) in [7, 11) is 0. The molecule has 4 rings (SSSR count). The summed E-state index contributed by atoms with van der Waals surface area (Å²) < 4.78 is 12.2. The number of benzene rings is 1. The topological polar surface area (TPSA) is 67.9 Å². The van der Waals surface area contributed by atoms with Crippen LogP contribution in [0.3, 0.4) is 0 Å².